The summed E-state index contributed by atoms with van der Waals surface area (Å²) in [6.45, 7) is 7.84. The number of hydrogen-bond acceptors (Lipinski definition) is 8. The maximum Gasteiger partial charge on any atom is 0.305 e. The van der Waals surface area contributed by atoms with Gasteiger partial charge in [0.15, 0.2) is 5.71 Å². The van der Waals surface area contributed by atoms with Crippen molar-refractivity contribution in [2.75, 3.05) is 25.1 Å². The van der Waals surface area contributed by atoms with E-state index >= 15 is 0 Å². The van der Waals surface area contributed by atoms with Gasteiger partial charge in [0.2, 0.25) is 5.69 Å². The molecule has 11 nitrogen and oxygen atoms in total. The Balaban J connectivity index is 1.24. The molecule has 0 aromatic heterocycles. The van der Waals surface area contributed by atoms with E-state index in [0.717, 1.165) is 70.9 Å². The Morgan fingerprint density at radius 3 is 2.37 bits per heavy atom. The molecule has 0 saturated carbocycles. The zero-order valence-electron chi connectivity index (χ0n) is 29.2. The average Bonchev–Trinajstić information content (AvgIpc) is 3.47. The Morgan fingerprint density at radius 1 is 0.961 bits per heavy atom. The molecule has 0 fully saturated rings. The molecule has 0 radical (unpaired) electrons. The molecule has 51 heavy (non-hydrogen) atoms. The number of carbonyl (C=O) groups excluding carboxylic acids is 1. The van der Waals surface area contributed by atoms with E-state index in [-0.39, 0.29) is 33.9 Å². The van der Waals surface area contributed by atoms with Gasteiger partial charge in [-0.1, -0.05) is 6.42 Å². The number of unbranched alkanes of at least 4 members (excludes halogenated alkanes) is 1. The van der Waals surface area contributed by atoms with Crippen LogP contribution in [0.2, 0.25) is 0 Å². The van der Waals surface area contributed by atoms with Gasteiger partial charge in [-0.05, 0) is 106 Å². The third kappa shape index (κ3) is 5.37. The van der Waals surface area contributed by atoms with Crippen LogP contribution in [-0.4, -0.2) is 74.6 Å². The highest BCUT2D eigenvalue weighted by Crippen LogP contribution is 2.56. The summed E-state index contributed by atoms with van der Waals surface area (Å²) in [4.78, 5) is 13.9. The third-order valence-electron chi connectivity index (χ3n) is 12.1. The van der Waals surface area contributed by atoms with E-state index in [1.165, 1.54) is 24.8 Å². The second-order valence-corrected chi connectivity index (χ2v) is 18.2. The van der Waals surface area contributed by atoms with Gasteiger partial charge < -0.3 is 14.4 Å². The number of allylic oxidation sites excluding steroid dienone is 2. The second-order valence-electron chi connectivity index (χ2n) is 15.4. The van der Waals surface area contributed by atoms with E-state index in [0.29, 0.717) is 32.2 Å². The van der Waals surface area contributed by atoms with Crippen molar-refractivity contribution in [2.24, 2.45) is 5.92 Å². The van der Waals surface area contributed by atoms with Crippen LogP contribution in [0.5, 0.6) is 0 Å². The lowest BCUT2D eigenvalue weighted by Crippen LogP contribution is -2.45. The van der Waals surface area contributed by atoms with Crippen LogP contribution in [0, 0.1) is 5.92 Å². The van der Waals surface area contributed by atoms with E-state index in [2.05, 4.69) is 42.4 Å². The largest absolute Gasteiger partial charge is 0.469 e. The maximum atomic E-state index is 12.3. The van der Waals surface area contributed by atoms with Crippen LogP contribution in [0.15, 0.2) is 80.8 Å². The van der Waals surface area contributed by atoms with Gasteiger partial charge in [-0.2, -0.15) is 21.4 Å². The number of carbonyl (C=O) groups is 1. The smallest absolute Gasteiger partial charge is 0.305 e. The first kappa shape index (κ1) is 34.5. The number of rotatable bonds is 7. The minimum atomic E-state index is -4.43. The molecule has 5 heterocycles. The zero-order valence-corrected chi connectivity index (χ0v) is 30.8. The summed E-state index contributed by atoms with van der Waals surface area (Å²) in [5.41, 5.74) is 8.01. The highest BCUT2D eigenvalue weighted by molar-refractivity contribution is 7.86. The van der Waals surface area contributed by atoms with Crippen molar-refractivity contribution >= 4 is 43.3 Å². The number of ether oxygens (including phenoxy) is 2. The maximum absolute atomic E-state index is 12.3. The highest BCUT2D eigenvalue weighted by Gasteiger charge is 2.54. The molecule has 1 unspecified atom stereocenters. The Bertz CT molecular complexity index is 2250. The fraction of sp³-hybridized carbons (Fsp3) is 0.474. The van der Waals surface area contributed by atoms with E-state index < -0.39 is 31.1 Å². The molecule has 1 aliphatic carbocycles. The fourth-order valence-corrected chi connectivity index (χ4v) is 10.7. The number of hydrogen-bond donors (Lipinski definition) is 2. The first-order valence-corrected chi connectivity index (χ1v) is 20.5. The van der Waals surface area contributed by atoms with Crippen molar-refractivity contribution in [2.45, 2.75) is 98.5 Å². The summed E-state index contributed by atoms with van der Waals surface area (Å²) >= 11 is 0. The minimum Gasteiger partial charge on any atom is -0.469 e. The minimum absolute atomic E-state index is 0.0777. The molecule has 13 heteroatoms. The number of fused-ring (bicyclic) bond motifs is 9. The average molecular weight is 736 g/mol. The number of nitrogens with zero attached hydrogens (tertiary/aromatic N) is 2. The van der Waals surface area contributed by atoms with Gasteiger partial charge in [-0.25, -0.2) is 0 Å². The van der Waals surface area contributed by atoms with Gasteiger partial charge in [-0.3, -0.25) is 13.9 Å². The first-order chi connectivity index (χ1) is 24.0. The Labute approximate surface area is 298 Å². The molecule has 2 N–H and O–H groups in total. The van der Waals surface area contributed by atoms with Crippen LogP contribution in [0.1, 0.15) is 76.8 Å². The molecule has 5 aliphatic heterocycles. The predicted octanol–water partition coefficient (Wildman–Crippen LogP) is 5.77. The number of methoxy groups -OCH3 is 1. The van der Waals surface area contributed by atoms with Gasteiger partial charge in [0.1, 0.15) is 6.54 Å². The molecule has 0 bridgehead atoms. The summed E-state index contributed by atoms with van der Waals surface area (Å²) in [5, 5.41) is 0. The van der Waals surface area contributed by atoms with Crippen molar-refractivity contribution in [1.82, 2.24) is 0 Å². The lowest BCUT2D eigenvalue weighted by atomic mass is 9.69. The Hall–Kier alpha value is -3.62. The van der Waals surface area contributed by atoms with Crippen LogP contribution in [-0.2, 0) is 45.3 Å². The van der Waals surface area contributed by atoms with Crippen LogP contribution >= 0.6 is 0 Å². The van der Waals surface area contributed by atoms with Crippen LogP contribution < -0.4 is 4.90 Å². The zero-order chi connectivity index (χ0) is 36.2. The molecule has 2 aromatic carbocycles. The van der Waals surface area contributed by atoms with E-state index in [1.807, 2.05) is 0 Å². The van der Waals surface area contributed by atoms with E-state index in [4.69, 9.17) is 9.47 Å². The van der Waals surface area contributed by atoms with Crippen molar-refractivity contribution in [3.05, 3.63) is 82.1 Å². The Kier molecular flexibility index (Phi) is 7.90. The van der Waals surface area contributed by atoms with Crippen LogP contribution in [0.3, 0.4) is 0 Å². The monoisotopic (exact) mass is 735 g/mol. The van der Waals surface area contributed by atoms with Crippen LogP contribution in [0.4, 0.5) is 11.4 Å². The predicted molar refractivity (Wildman–Crippen MR) is 190 cm³/mol. The molecule has 8 rings (SSSR count). The third-order valence-corrected chi connectivity index (χ3v) is 13.8. The summed E-state index contributed by atoms with van der Waals surface area (Å²) in [6.07, 6.45) is 9.12. The normalized spacial score (nSPS) is 27.3. The SMILES string of the molecule is COC(=O)CCCCC1(C)C2=C3C=C4C=C5C6=[N+](CC[C@H]5C[C@H]4O[C@H]3CCN2c2ccc(S(=O)(=O)O)cc21)c1ccc(S(=O)(=O)O)cc1C6(C)C. The van der Waals surface area contributed by atoms with E-state index in [1.54, 1.807) is 24.3 Å². The highest BCUT2D eigenvalue weighted by atomic mass is 32.2. The van der Waals surface area contributed by atoms with Crippen molar-refractivity contribution in [1.29, 1.82) is 0 Å². The van der Waals surface area contributed by atoms with Gasteiger partial charge in [0.05, 0.1) is 34.5 Å². The van der Waals surface area contributed by atoms with Crippen molar-refractivity contribution < 1.29 is 44.8 Å². The van der Waals surface area contributed by atoms with Crippen LogP contribution in [0.25, 0.3) is 0 Å². The van der Waals surface area contributed by atoms with Crippen molar-refractivity contribution in [3.63, 3.8) is 0 Å². The molecular weight excluding hydrogens is 693 g/mol. The molecule has 270 valence electrons. The molecular formula is C38H43N2O9S2+. The fourth-order valence-electron chi connectivity index (χ4n) is 9.69. The molecule has 2 aromatic rings. The van der Waals surface area contributed by atoms with Crippen molar-refractivity contribution in [3.8, 4) is 0 Å². The summed E-state index contributed by atoms with van der Waals surface area (Å²) < 4.78 is 82.6. The summed E-state index contributed by atoms with van der Waals surface area (Å²) in [7, 11) is -7.41. The van der Waals surface area contributed by atoms with Gasteiger partial charge >= 0.3 is 5.97 Å². The Morgan fingerprint density at radius 2 is 1.67 bits per heavy atom. The van der Waals surface area contributed by atoms with Gasteiger partial charge in [0.25, 0.3) is 20.2 Å². The first-order valence-electron chi connectivity index (χ1n) is 17.6. The molecule has 0 amide bonds. The molecule has 4 atom stereocenters. The lowest BCUT2D eigenvalue weighted by Gasteiger charge is -2.44. The van der Waals surface area contributed by atoms with E-state index in [9.17, 15) is 30.7 Å². The topological polar surface area (TPSA) is 151 Å². The molecule has 6 aliphatic rings. The standard InChI is InChI=1S/C38H42N2O9S2/c1-37(2)28-20-24(50(42,43)44)8-10-30(28)39-15-12-22-19-33-23(17-26(22)35(37)39)18-27-32(49-33)13-16-40-31-11-9-25(51(45,46)47)21-29(31)38(3,36(27)40)14-6-5-7-34(41)48-4/h8-11,17-18,20-22,32-33H,5-7,12-16,19H2,1-4H3,(H-,42,43,44,45,46,47)/p+1/t22-,32-,33+,38?/m0/s1. The second kappa shape index (κ2) is 11.7. The lowest BCUT2D eigenvalue weighted by molar-refractivity contribution is -0.444. The van der Waals surface area contributed by atoms with Gasteiger partial charge in [0, 0.05) is 59.0 Å². The quantitative estimate of drug-likeness (QED) is 0.155. The molecule has 0 spiro atoms. The molecule has 0 saturated heterocycles. The number of benzene rings is 2. The summed E-state index contributed by atoms with van der Waals surface area (Å²) in [6, 6.07) is 9.70. The number of anilines is 1. The summed E-state index contributed by atoms with van der Waals surface area (Å²) in [5.74, 6) is 0.00524. The van der Waals surface area contributed by atoms with Gasteiger partial charge in [-0.15, -0.1) is 0 Å². The number of esters is 1.